The molecule has 184 valence electrons. The summed E-state index contributed by atoms with van der Waals surface area (Å²) in [5.74, 6) is 0.563. The van der Waals surface area contributed by atoms with Crippen molar-refractivity contribution in [2.24, 2.45) is 0 Å². The van der Waals surface area contributed by atoms with Gasteiger partial charge in [-0.25, -0.2) is 0 Å². The van der Waals surface area contributed by atoms with Gasteiger partial charge >= 0.3 is 0 Å². The number of para-hydroxylation sites is 3. The molecule has 0 amide bonds. The Hall–Kier alpha value is -4.28. The van der Waals surface area contributed by atoms with E-state index < -0.39 is 0 Å². The van der Waals surface area contributed by atoms with E-state index in [1.54, 1.807) is 0 Å². The molecule has 2 aromatic heterocycles. The van der Waals surface area contributed by atoms with E-state index in [9.17, 15) is 0 Å². The van der Waals surface area contributed by atoms with E-state index in [1.807, 2.05) is 0 Å². The fourth-order valence-electron chi connectivity index (χ4n) is 8.10. The third-order valence-corrected chi connectivity index (χ3v) is 9.72. The molecule has 5 heterocycles. The average Bonchev–Trinajstić information content (AvgIpc) is 3.53. The second-order valence-corrected chi connectivity index (χ2v) is 11.5. The molecule has 5 aromatic carbocycles. The quantitative estimate of drug-likeness (QED) is 0.256. The Morgan fingerprint density at radius 1 is 0.590 bits per heavy atom. The van der Waals surface area contributed by atoms with Crippen LogP contribution in [0.15, 0.2) is 97.1 Å². The van der Waals surface area contributed by atoms with Crippen molar-refractivity contribution in [1.82, 2.24) is 9.13 Å². The van der Waals surface area contributed by atoms with Gasteiger partial charge < -0.3 is 13.9 Å². The second-order valence-electron chi connectivity index (χ2n) is 11.5. The lowest BCUT2D eigenvalue weighted by atomic mass is 9.34. The van der Waals surface area contributed by atoms with Gasteiger partial charge in [-0.05, 0) is 65.0 Å². The molecular formula is C35H25BN2O. The average molecular weight is 500 g/mol. The minimum absolute atomic E-state index is 0.204. The van der Waals surface area contributed by atoms with Gasteiger partial charge in [0.05, 0.1) is 16.6 Å². The number of hydrogen-bond donors (Lipinski definition) is 0. The lowest BCUT2D eigenvalue weighted by Gasteiger charge is -2.34. The first-order valence-electron chi connectivity index (χ1n) is 14.2. The summed E-state index contributed by atoms with van der Waals surface area (Å²) in [6, 6.07) is 36.9. The highest BCUT2D eigenvalue weighted by Crippen LogP contribution is 2.40. The monoisotopic (exact) mass is 500 g/mol. The van der Waals surface area contributed by atoms with E-state index in [0.29, 0.717) is 5.92 Å². The maximum atomic E-state index is 5.72. The number of nitrogens with zero attached hydrogens (tertiary/aromatic N) is 2. The molecule has 0 spiro atoms. The molecule has 3 aliphatic rings. The molecular weight excluding hydrogens is 475 g/mol. The first-order chi connectivity index (χ1) is 19.4. The van der Waals surface area contributed by atoms with E-state index >= 15 is 0 Å². The van der Waals surface area contributed by atoms with Gasteiger partial charge in [0.2, 0.25) is 0 Å². The number of fused-ring (bicyclic) bond motifs is 11. The lowest BCUT2D eigenvalue weighted by molar-refractivity contribution is 0.0853. The van der Waals surface area contributed by atoms with Gasteiger partial charge in [0, 0.05) is 51.7 Å². The third kappa shape index (κ3) is 2.45. The van der Waals surface area contributed by atoms with Crippen molar-refractivity contribution >= 4 is 66.7 Å². The summed E-state index contributed by atoms with van der Waals surface area (Å²) in [6.45, 7) is 1.93. The van der Waals surface area contributed by atoms with Crippen LogP contribution in [0.5, 0.6) is 0 Å². The SMILES string of the molecule is c1ccc2c(c1)c1cccc3c1n2-c1ccc2c4ccccc4n4c2c1B3c1cc(C2CCOCC2)ccc1-4. The molecule has 1 fully saturated rings. The molecule has 3 nitrogen and oxygen atoms in total. The van der Waals surface area contributed by atoms with Crippen LogP contribution in [0.4, 0.5) is 0 Å². The van der Waals surface area contributed by atoms with Gasteiger partial charge in [0.1, 0.15) is 0 Å². The van der Waals surface area contributed by atoms with Crippen molar-refractivity contribution in [1.29, 1.82) is 0 Å². The molecule has 0 aliphatic carbocycles. The van der Waals surface area contributed by atoms with Crippen LogP contribution >= 0.6 is 0 Å². The number of benzene rings is 5. The Balaban J connectivity index is 1.41. The van der Waals surface area contributed by atoms with Gasteiger partial charge in [-0.2, -0.15) is 0 Å². The van der Waals surface area contributed by atoms with Crippen molar-refractivity contribution < 1.29 is 4.74 Å². The normalized spacial score (nSPS) is 16.1. The first-order valence-corrected chi connectivity index (χ1v) is 14.2. The number of aromatic nitrogens is 2. The van der Waals surface area contributed by atoms with Crippen molar-refractivity contribution in [3.05, 3.63) is 103 Å². The molecule has 4 heteroatoms. The minimum atomic E-state index is 0.204. The molecule has 3 aliphatic heterocycles. The van der Waals surface area contributed by atoms with E-state index in [4.69, 9.17) is 4.74 Å². The zero-order valence-corrected chi connectivity index (χ0v) is 21.5. The molecule has 1 saturated heterocycles. The van der Waals surface area contributed by atoms with Crippen molar-refractivity contribution in [2.75, 3.05) is 13.2 Å². The van der Waals surface area contributed by atoms with Crippen LogP contribution in [0.1, 0.15) is 24.3 Å². The molecule has 0 bridgehead atoms. The van der Waals surface area contributed by atoms with Crippen LogP contribution in [0, 0.1) is 0 Å². The Morgan fingerprint density at radius 2 is 1.26 bits per heavy atom. The zero-order chi connectivity index (χ0) is 25.2. The van der Waals surface area contributed by atoms with Crippen LogP contribution in [-0.4, -0.2) is 29.1 Å². The zero-order valence-electron chi connectivity index (χ0n) is 21.5. The van der Waals surface area contributed by atoms with E-state index in [-0.39, 0.29) is 6.71 Å². The fraction of sp³-hybridized carbons (Fsp3) is 0.143. The van der Waals surface area contributed by atoms with Gasteiger partial charge in [-0.1, -0.05) is 72.8 Å². The number of rotatable bonds is 1. The third-order valence-electron chi connectivity index (χ3n) is 9.72. The van der Waals surface area contributed by atoms with Crippen molar-refractivity contribution in [3.8, 4) is 11.4 Å². The summed E-state index contributed by atoms with van der Waals surface area (Å²) in [6.07, 6.45) is 2.21. The standard InChI is InChI=1S/C35H25BN2O/c1-4-11-30-23(6-1)25-8-5-9-27-34(25)38(30)32-15-13-26-24-7-2-3-10-29(24)37-31-14-12-22(21-16-18-39-19-17-21)20-28(31)36(27)33(32)35(26)37/h1-15,20-21H,16-19H2. The van der Waals surface area contributed by atoms with E-state index in [1.165, 1.54) is 76.9 Å². The number of hydrogen-bond acceptors (Lipinski definition) is 1. The van der Waals surface area contributed by atoms with Gasteiger partial charge in [-0.15, -0.1) is 0 Å². The molecule has 0 radical (unpaired) electrons. The van der Waals surface area contributed by atoms with Crippen molar-refractivity contribution in [2.45, 2.75) is 18.8 Å². The van der Waals surface area contributed by atoms with E-state index in [2.05, 4.69) is 106 Å². The maximum absolute atomic E-state index is 5.72. The minimum Gasteiger partial charge on any atom is -0.381 e. The maximum Gasteiger partial charge on any atom is 0.252 e. The largest absolute Gasteiger partial charge is 0.381 e. The summed E-state index contributed by atoms with van der Waals surface area (Å²) >= 11 is 0. The Labute approximate surface area is 226 Å². The highest BCUT2D eigenvalue weighted by atomic mass is 16.5. The summed E-state index contributed by atoms with van der Waals surface area (Å²) < 4.78 is 10.8. The molecule has 10 rings (SSSR count). The molecule has 7 aromatic rings. The van der Waals surface area contributed by atoms with Crippen LogP contribution in [-0.2, 0) is 4.74 Å². The summed E-state index contributed by atoms with van der Waals surface area (Å²) in [4.78, 5) is 0. The highest BCUT2D eigenvalue weighted by molar-refractivity contribution is 7.00. The van der Waals surface area contributed by atoms with Crippen molar-refractivity contribution in [3.63, 3.8) is 0 Å². The van der Waals surface area contributed by atoms with Crippen LogP contribution in [0.25, 0.3) is 55.0 Å². The molecule has 0 saturated carbocycles. The Bertz CT molecular complexity index is 2180. The van der Waals surface area contributed by atoms with Gasteiger partial charge in [-0.3, -0.25) is 0 Å². The summed E-state index contributed by atoms with van der Waals surface area (Å²) in [7, 11) is 0. The number of ether oxygens (including phenoxy) is 1. The smallest absolute Gasteiger partial charge is 0.252 e. The second kappa shape index (κ2) is 7.22. The molecule has 39 heavy (non-hydrogen) atoms. The summed E-state index contributed by atoms with van der Waals surface area (Å²) in [5, 5.41) is 5.36. The van der Waals surface area contributed by atoms with E-state index in [0.717, 1.165) is 26.1 Å². The lowest BCUT2D eigenvalue weighted by Crippen LogP contribution is -2.59. The Morgan fingerprint density at radius 3 is 2.05 bits per heavy atom. The van der Waals surface area contributed by atoms with Gasteiger partial charge in [0.15, 0.2) is 0 Å². The first kappa shape index (κ1) is 20.7. The predicted octanol–water partition coefficient (Wildman–Crippen LogP) is 5.92. The van der Waals surface area contributed by atoms with Crippen LogP contribution in [0.3, 0.4) is 0 Å². The highest BCUT2D eigenvalue weighted by Gasteiger charge is 2.40. The van der Waals surface area contributed by atoms with Gasteiger partial charge in [0.25, 0.3) is 6.71 Å². The van der Waals surface area contributed by atoms with Crippen LogP contribution in [0.2, 0.25) is 0 Å². The molecule has 0 atom stereocenters. The predicted molar refractivity (Wildman–Crippen MR) is 163 cm³/mol. The van der Waals surface area contributed by atoms with Crippen LogP contribution < -0.4 is 16.4 Å². The summed E-state index contributed by atoms with van der Waals surface area (Å²) in [5.41, 5.74) is 13.7. The Kier molecular flexibility index (Phi) is 3.82. The topological polar surface area (TPSA) is 19.1 Å². The fourth-order valence-corrected chi connectivity index (χ4v) is 8.10. The molecule has 0 N–H and O–H groups in total. The molecule has 0 unspecified atom stereocenters.